The summed E-state index contributed by atoms with van der Waals surface area (Å²) in [6.07, 6.45) is -0.154. The highest BCUT2D eigenvalue weighted by Gasteiger charge is 2.17. The summed E-state index contributed by atoms with van der Waals surface area (Å²) >= 11 is 0. The van der Waals surface area contributed by atoms with Crippen LogP contribution in [-0.4, -0.2) is 0 Å². The van der Waals surface area contributed by atoms with Crippen molar-refractivity contribution >= 4 is 5.57 Å². The Morgan fingerprint density at radius 2 is 1.26 bits per heavy atom. The van der Waals surface area contributed by atoms with E-state index < -0.39 is 0 Å². The molecule has 0 fully saturated rings. The van der Waals surface area contributed by atoms with E-state index in [4.69, 9.17) is 4.74 Å². The van der Waals surface area contributed by atoms with Gasteiger partial charge >= 0.3 is 0 Å². The monoisotopic (exact) mass is 300 g/mol. The zero-order valence-electron chi connectivity index (χ0n) is 13.1. The lowest BCUT2D eigenvalue weighted by molar-refractivity contribution is 0.0785. The molecular formula is C22H20O. The quantitative estimate of drug-likeness (QED) is 0.571. The molecular weight excluding hydrogens is 280 g/mol. The highest BCUT2D eigenvalue weighted by molar-refractivity contribution is 5.68. The summed E-state index contributed by atoms with van der Waals surface area (Å²) in [5, 5.41) is 0. The molecule has 0 N–H and O–H groups in total. The molecule has 0 saturated carbocycles. The van der Waals surface area contributed by atoms with Gasteiger partial charge in [0.15, 0.2) is 0 Å². The van der Waals surface area contributed by atoms with Gasteiger partial charge in [0.1, 0.15) is 6.10 Å². The van der Waals surface area contributed by atoms with Crippen LogP contribution in [0.5, 0.6) is 0 Å². The lowest BCUT2D eigenvalue weighted by Crippen LogP contribution is -2.06. The Kier molecular flexibility index (Phi) is 5.02. The van der Waals surface area contributed by atoms with Crippen molar-refractivity contribution < 1.29 is 4.74 Å². The number of hydrogen-bond donors (Lipinski definition) is 0. The summed E-state index contributed by atoms with van der Waals surface area (Å²) in [6, 6.07) is 30.7. The molecule has 0 spiro atoms. The first-order valence-electron chi connectivity index (χ1n) is 7.79. The van der Waals surface area contributed by atoms with Crippen LogP contribution in [-0.2, 0) is 11.3 Å². The minimum absolute atomic E-state index is 0.154. The van der Waals surface area contributed by atoms with Gasteiger partial charge in [0, 0.05) is 0 Å². The molecule has 1 heteroatoms. The van der Waals surface area contributed by atoms with Crippen LogP contribution in [0, 0.1) is 0 Å². The van der Waals surface area contributed by atoms with Crippen molar-refractivity contribution in [1.29, 1.82) is 0 Å². The Bertz CT molecular complexity index is 733. The largest absolute Gasteiger partial charge is 0.364 e. The molecule has 0 aliphatic heterocycles. The third-order valence-corrected chi connectivity index (χ3v) is 3.82. The van der Waals surface area contributed by atoms with Crippen LogP contribution in [0.1, 0.15) is 22.8 Å². The van der Waals surface area contributed by atoms with Gasteiger partial charge in [-0.1, -0.05) is 97.6 Å². The van der Waals surface area contributed by atoms with Crippen molar-refractivity contribution in [3.8, 4) is 0 Å². The Hall–Kier alpha value is -2.64. The summed E-state index contributed by atoms with van der Waals surface area (Å²) in [5.74, 6) is 0. The van der Waals surface area contributed by atoms with E-state index in [0.29, 0.717) is 6.61 Å². The molecule has 0 aliphatic rings. The second-order valence-corrected chi connectivity index (χ2v) is 5.48. The Morgan fingerprint density at radius 3 is 1.87 bits per heavy atom. The lowest BCUT2D eigenvalue weighted by atomic mass is 9.96. The highest BCUT2D eigenvalue weighted by atomic mass is 16.5. The standard InChI is InChI=1S/C22H20O/c1-18(20-13-7-3-8-14-20)22(21-15-9-4-10-16-21)23-17-19-11-5-2-6-12-19/h2-16,22H,1,17H2. The van der Waals surface area contributed by atoms with Gasteiger partial charge in [-0.2, -0.15) is 0 Å². The van der Waals surface area contributed by atoms with E-state index in [0.717, 1.165) is 22.3 Å². The molecule has 0 bridgehead atoms. The molecule has 3 aromatic rings. The molecule has 3 aromatic carbocycles. The van der Waals surface area contributed by atoms with Gasteiger partial charge in [0.25, 0.3) is 0 Å². The molecule has 0 amide bonds. The summed E-state index contributed by atoms with van der Waals surface area (Å²) in [4.78, 5) is 0. The van der Waals surface area contributed by atoms with Gasteiger partial charge < -0.3 is 4.74 Å². The Morgan fingerprint density at radius 1 is 0.739 bits per heavy atom. The number of benzene rings is 3. The first-order chi connectivity index (χ1) is 11.3. The first kappa shape index (κ1) is 15.3. The lowest BCUT2D eigenvalue weighted by Gasteiger charge is -2.21. The maximum Gasteiger partial charge on any atom is 0.108 e. The van der Waals surface area contributed by atoms with Gasteiger partial charge in [0.2, 0.25) is 0 Å². The van der Waals surface area contributed by atoms with Crippen molar-refractivity contribution in [3.05, 3.63) is 114 Å². The fraction of sp³-hybridized carbons (Fsp3) is 0.0909. The molecule has 3 rings (SSSR count). The van der Waals surface area contributed by atoms with Crippen LogP contribution in [0.2, 0.25) is 0 Å². The molecule has 1 atom stereocenters. The van der Waals surface area contributed by atoms with Gasteiger partial charge in [0.05, 0.1) is 6.61 Å². The molecule has 0 aromatic heterocycles. The molecule has 0 aliphatic carbocycles. The molecule has 0 radical (unpaired) electrons. The fourth-order valence-corrected chi connectivity index (χ4v) is 2.58. The van der Waals surface area contributed by atoms with Gasteiger partial charge in [-0.15, -0.1) is 0 Å². The molecule has 1 nitrogen and oxygen atoms in total. The van der Waals surface area contributed by atoms with Crippen LogP contribution < -0.4 is 0 Å². The topological polar surface area (TPSA) is 9.23 Å². The van der Waals surface area contributed by atoms with E-state index in [-0.39, 0.29) is 6.10 Å². The minimum atomic E-state index is -0.154. The minimum Gasteiger partial charge on any atom is -0.364 e. The molecule has 0 saturated heterocycles. The van der Waals surface area contributed by atoms with Crippen LogP contribution >= 0.6 is 0 Å². The predicted molar refractivity (Wildman–Crippen MR) is 95.9 cm³/mol. The van der Waals surface area contributed by atoms with Crippen molar-refractivity contribution in [2.75, 3.05) is 0 Å². The van der Waals surface area contributed by atoms with E-state index in [1.807, 2.05) is 54.6 Å². The van der Waals surface area contributed by atoms with Crippen molar-refractivity contribution in [2.45, 2.75) is 12.7 Å². The number of rotatable bonds is 6. The molecule has 114 valence electrons. The first-order valence-corrected chi connectivity index (χ1v) is 7.79. The average Bonchev–Trinajstić information content (AvgIpc) is 2.64. The zero-order chi connectivity index (χ0) is 15.9. The van der Waals surface area contributed by atoms with E-state index in [1.54, 1.807) is 0 Å². The molecule has 1 unspecified atom stereocenters. The third kappa shape index (κ3) is 3.97. The van der Waals surface area contributed by atoms with E-state index in [9.17, 15) is 0 Å². The van der Waals surface area contributed by atoms with Crippen LogP contribution in [0.4, 0.5) is 0 Å². The fourth-order valence-electron chi connectivity index (χ4n) is 2.58. The van der Waals surface area contributed by atoms with Gasteiger partial charge in [-0.05, 0) is 22.3 Å². The third-order valence-electron chi connectivity index (χ3n) is 3.82. The molecule has 0 heterocycles. The summed E-state index contributed by atoms with van der Waals surface area (Å²) in [6.45, 7) is 4.85. The predicted octanol–water partition coefficient (Wildman–Crippen LogP) is 5.66. The normalized spacial score (nSPS) is 11.8. The van der Waals surface area contributed by atoms with Crippen LogP contribution in [0.3, 0.4) is 0 Å². The molecule has 23 heavy (non-hydrogen) atoms. The maximum atomic E-state index is 6.23. The van der Waals surface area contributed by atoms with Crippen molar-refractivity contribution in [2.24, 2.45) is 0 Å². The SMILES string of the molecule is C=C(c1ccccc1)C(OCc1ccccc1)c1ccccc1. The van der Waals surface area contributed by atoms with Crippen LogP contribution in [0.25, 0.3) is 5.57 Å². The number of ether oxygens (including phenoxy) is 1. The smallest absolute Gasteiger partial charge is 0.108 e. The van der Waals surface area contributed by atoms with Crippen molar-refractivity contribution in [3.63, 3.8) is 0 Å². The summed E-state index contributed by atoms with van der Waals surface area (Å²) in [7, 11) is 0. The zero-order valence-corrected chi connectivity index (χ0v) is 13.1. The van der Waals surface area contributed by atoms with Gasteiger partial charge in [-0.25, -0.2) is 0 Å². The second-order valence-electron chi connectivity index (χ2n) is 5.48. The highest BCUT2D eigenvalue weighted by Crippen LogP contribution is 2.32. The maximum absolute atomic E-state index is 6.23. The number of hydrogen-bond acceptors (Lipinski definition) is 1. The van der Waals surface area contributed by atoms with Crippen LogP contribution in [0.15, 0.2) is 97.6 Å². The van der Waals surface area contributed by atoms with Crippen molar-refractivity contribution in [1.82, 2.24) is 0 Å². The summed E-state index contributed by atoms with van der Waals surface area (Å²) < 4.78 is 6.23. The van der Waals surface area contributed by atoms with Gasteiger partial charge in [-0.3, -0.25) is 0 Å². The van der Waals surface area contributed by atoms with E-state index >= 15 is 0 Å². The van der Waals surface area contributed by atoms with E-state index in [2.05, 4.69) is 43.0 Å². The Balaban J connectivity index is 1.84. The van der Waals surface area contributed by atoms with E-state index in [1.165, 1.54) is 0 Å². The second kappa shape index (κ2) is 7.57. The average molecular weight is 300 g/mol. The summed E-state index contributed by atoms with van der Waals surface area (Å²) in [5.41, 5.74) is 4.37. The Labute approximate surface area is 137 Å².